The number of fused-ring (bicyclic) bond motifs is 3. The number of ether oxygens (including phenoxy) is 1. The van der Waals surface area contributed by atoms with Crippen molar-refractivity contribution in [1.29, 1.82) is 0 Å². The zero-order chi connectivity index (χ0) is 10.9. The second kappa shape index (κ2) is 4.10. The minimum Gasteiger partial charge on any atom is -0.479 e. The lowest BCUT2D eigenvalue weighted by Crippen LogP contribution is -2.64. The smallest absolute Gasteiger partial charge is 0.337 e. The van der Waals surface area contributed by atoms with E-state index >= 15 is 0 Å². The highest BCUT2D eigenvalue weighted by Crippen LogP contribution is 2.38. The van der Waals surface area contributed by atoms with Gasteiger partial charge in [-0.2, -0.15) is 0 Å². The third-order valence-electron chi connectivity index (χ3n) is 3.63. The second-order valence-electron chi connectivity index (χ2n) is 4.59. The summed E-state index contributed by atoms with van der Waals surface area (Å²) in [5.74, 6) is -0.558. The van der Waals surface area contributed by atoms with E-state index in [4.69, 9.17) is 4.74 Å². The molecule has 4 nitrogen and oxygen atoms in total. The van der Waals surface area contributed by atoms with Gasteiger partial charge in [-0.3, -0.25) is 4.90 Å². The van der Waals surface area contributed by atoms with E-state index < -0.39 is 11.6 Å². The lowest BCUT2D eigenvalue weighted by atomic mass is 9.75. The Balaban J connectivity index is 2.15. The highest BCUT2D eigenvalue weighted by atomic mass is 16.5. The fourth-order valence-corrected chi connectivity index (χ4v) is 2.77. The first-order valence-electron chi connectivity index (χ1n) is 5.79. The van der Waals surface area contributed by atoms with Crippen LogP contribution >= 0.6 is 0 Å². The van der Waals surface area contributed by atoms with E-state index in [0.717, 1.165) is 32.4 Å². The van der Waals surface area contributed by atoms with Crippen LogP contribution in [0.25, 0.3) is 0 Å². The topological polar surface area (TPSA) is 49.8 Å². The molecule has 0 aromatic heterocycles. The van der Waals surface area contributed by atoms with Crippen molar-refractivity contribution in [1.82, 2.24) is 4.90 Å². The number of hydrogen-bond acceptors (Lipinski definition) is 3. The molecular formula is C11H19NO3. The summed E-state index contributed by atoms with van der Waals surface area (Å²) in [6.07, 6.45) is 2.81. The van der Waals surface area contributed by atoms with E-state index in [0.29, 0.717) is 13.2 Å². The first-order chi connectivity index (χ1) is 7.19. The molecule has 86 valence electrons. The van der Waals surface area contributed by atoms with Gasteiger partial charge < -0.3 is 9.84 Å². The Morgan fingerprint density at radius 3 is 2.60 bits per heavy atom. The van der Waals surface area contributed by atoms with Gasteiger partial charge in [0, 0.05) is 19.1 Å². The summed E-state index contributed by atoms with van der Waals surface area (Å²) in [6, 6.07) is 0. The monoisotopic (exact) mass is 213 g/mol. The van der Waals surface area contributed by atoms with Gasteiger partial charge in [-0.25, -0.2) is 4.79 Å². The van der Waals surface area contributed by atoms with E-state index in [9.17, 15) is 9.90 Å². The number of carbonyl (C=O) groups is 1. The van der Waals surface area contributed by atoms with E-state index in [2.05, 4.69) is 4.90 Å². The fourth-order valence-electron chi connectivity index (χ4n) is 2.77. The highest BCUT2D eigenvalue weighted by molar-refractivity contribution is 5.78. The molecule has 3 aliphatic heterocycles. The van der Waals surface area contributed by atoms with Crippen molar-refractivity contribution < 1.29 is 14.6 Å². The summed E-state index contributed by atoms with van der Waals surface area (Å²) >= 11 is 0. The molecule has 0 radical (unpaired) electrons. The molecule has 3 heterocycles. The molecule has 0 aromatic carbocycles. The van der Waals surface area contributed by atoms with Crippen molar-refractivity contribution in [2.45, 2.75) is 31.8 Å². The molecule has 0 spiro atoms. The van der Waals surface area contributed by atoms with Crippen LogP contribution in [0.15, 0.2) is 0 Å². The van der Waals surface area contributed by atoms with Crippen molar-refractivity contribution in [3.8, 4) is 0 Å². The number of carboxylic acids is 1. The third kappa shape index (κ3) is 1.76. The summed E-state index contributed by atoms with van der Waals surface area (Å²) in [5, 5.41) is 9.39. The van der Waals surface area contributed by atoms with Gasteiger partial charge in [0.1, 0.15) is 0 Å². The molecule has 3 fully saturated rings. The van der Waals surface area contributed by atoms with Gasteiger partial charge in [-0.05, 0) is 32.4 Å². The molecule has 1 atom stereocenters. The number of rotatable bonds is 4. The maximum Gasteiger partial charge on any atom is 0.337 e. The van der Waals surface area contributed by atoms with Crippen molar-refractivity contribution in [3.05, 3.63) is 0 Å². The van der Waals surface area contributed by atoms with Crippen LogP contribution in [0.3, 0.4) is 0 Å². The lowest BCUT2D eigenvalue weighted by Gasteiger charge is -2.50. The van der Waals surface area contributed by atoms with Crippen LogP contribution in [-0.4, -0.2) is 47.8 Å². The van der Waals surface area contributed by atoms with Crippen molar-refractivity contribution >= 4 is 5.97 Å². The average Bonchev–Trinajstić information content (AvgIpc) is 2.27. The molecule has 15 heavy (non-hydrogen) atoms. The quantitative estimate of drug-likeness (QED) is 0.755. The number of piperidine rings is 3. The van der Waals surface area contributed by atoms with Gasteiger partial charge in [-0.15, -0.1) is 0 Å². The summed E-state index contributed by atoms with van der Waals surface area (Å²) < 4.78 is 5.67. The summed E-state index contributed by atoms with van der Waals surface area (Å²) in [7, 11) is 0. The van der Waals surface area contributed by atoms with E-state index in [-0.39, 0.29) is 5.92 Å². The Bertz CT molecular complexity index is 248. The first kappa shape index (κ1) is 10.9. The predicted molar refractivity (Wildman–Crippen MR) is 55.8 cm³/mol. The van der Waals surface area contributed by atoms with E-state index in [1.165, 1.54) is 0 Å². The SMILES string of the molecule is CCCOC1(C(=O)O)CN2CCC1CC2. The lowest BCUT2D eigenvalue weighted by molar-refractivity contribution is -0.194. The molecule has 3 saturated heterocycles. The molecule has 1 unspecified atom stereocenters. The van der Waals surface area contributed by atoms with Crippen LogP contribution in [0.5, 0.6) is 0 Å². The molecule has 0 aromatic rings. The summed E-state index contributed by atoms with van der Waals surface area (Å²) in [4.78, 5) is 13.6. The van der Waals surface area contributed by atoms with Crippen molar-refractivity contribution in [3.63, 3.8) is 0 Å². The Morgan fingerprint density at radius 1 is 1.53 bits per heavy atom. The van der Waals surface area contributed by atoms with Gasteiger partial charge in [0.15, 0.2) is 5.60 Å². The van der Waals surface area contributed by atoms with E-state index in [1.54, 1.807) is 0 Å². The van der Waals surface area contributed by atoms with Crippen LogP contribution in [0.4, 0.5) is 0 Å². The zero-order valence-electron chi connectivity index (χ0n) is 9.24. The van der Waals surface area contributed by atoms with Crippen LogP contribution < -0.4 is 0 Å². The molecule has 1 N–H and O–H groups in total. The molecule has 2 bridgehead atoms. The van der Waals surface area contributed by atoms with Gasteiger partial charge in [0.05, 0.1) is 0 Å². The Labute approximate surface area is 90.2 Å². The highest BCUT2D eigenvalue weighted by Gasteiger charge is 2.53. The van der Waals surface area contributed by atoms with Crippen LogP contribution in [0.1, 0.15) is 26.2 Å². The molecule has 3 aliphatic rings. The van der Waals surface area contributed by atoms with E-state index in [1.807, 2.05) is 6.92 Å². The molecule has 0 amide bonds. The van der Waals surface area contributed by atoms with Crippen LogP contribution in [0.2, 0.25) is 0 Å². The maximum atomic E-state index is 11.4. The van der Waals surface area contributed by atoms with Crippen LogP contribution in [-0.2, 0) is 9.53 Å². The molecule has 4 heteroatoms. The number of hydrogen-bond donors (Lipinski definition) is 1. The maximum absolute atomic E-state index is 11.4. The summed E-state index contributed by atoms with van der Waals surface area (Å²) in [6.45, 7) is 5.21. The standard InChI is InChI=1S/C11H19NO3/c1-2-7-15-11(10(13)14)8-12-5-3-9(11)4-6-12/h9H,2-8H2,1H3,(H,13,14). The van der Waals surface area contributed by atoms with Crippen molar-refractivity contribution in [2.75, 3.05) is 26.2 Å². The zero-order valence-corrected chi connectivity index (χ0v) is 9.24. The normalized spacial score (nSPS) is 39.3. The van der Waals surface area contributed by atoms with Crippen molar-refractivity contribution in [2.24, 2.45) is 5.92 Å². The average molecular weight is 213 g/mol. The van der Waals surface area contributed by atoms with Gasteiger partial charge in [0.25, 0.3) is 0 Å². The number of carboxylic acid groups (broad SMARTS) is 1. The second-order valence-corrected chi connectivity index (χ2v) is 4.59. The van der Waals surface area contributed by atoms with Crippen LogP contribution in [0, 0.1) is 5.92 Å². The number of aliphatic carboxylic acids is 1. The first-order valence-corrected chi connectivity index (χ1v) is 5.79. The Morgan fingerprint density at radius 2 is 2.20 bits per heavy atom. The van der Waals surface area contributed by atoms with Gasteiger partial charge >= 0.3 is 5.97 Å². The minimum absolute atomic E-state index is 0.214. The predicted octanol–water partition coefficient (Wildman–Crippen LogP) is 0.962. The molecule has 0 saturated carbocycles. The minimum atomic E-state index is -0.910. The Hall–Kier alpha value is -0.610. The summed E-state index contributed by atoms with van der Waals surface area (Å²) in [5.41, 5.74) is -0.910. The largest absolute Gasteiger partial charge is 0.479 e. The Kier molecular flexibility index (Phi) is 2.98. The number of nitrogens with zero attached hydrogens (tertiary/aromatic N) is 1. The molecule has 3 rings (SSSR count). The molecular weight excluding hydrogens is 194 g/mol. The fraction of sp³-hybridized carbons (Fsp3) is 0.909. The van der Waals surface area contributed by atoms with Gasteiger partial charge in [-0.1, -0.05) is 6.92 Å². The van der Waals surface area contributed by atoms with Gasteiger partial charge in [0.2, 0.25) is 0 Å². The molecule has 0 aliphatic carbocycles. The third-order valence-corrected chi connectivity index (χ3v) is 3.63.